The van der Waals surface area contributed by atoms with Crippen molar-refractivity contribution in [2.45, 2.75) is 19.8 Å². The van der Waals surface area contributed by atoms with E-state index >= 15 is 0 Å². The van der Waals surface area contributed by atoms with Crippen molar-refractivity contribution in [1.82, 2.24) is 0 Å². The zero-order valence-corrected chi connectivity index (χ0v) is 9.08. The van der Waals surface area contributed by atoms with Gasteiger partial charge in [-0.1, -0.05) is 6.92 Å². The number of ether oxygens (including phenoxy) is 3. The molecule has 0 aliphatic rings. The Bertz CT molecular complexity index is 136. The van der Waals surface area contributed by atoms with Crippen LogP contribution in [0.1, 0.15) is 19.8 Å². The minimum absolute atomic E-state index is 0.241. The summed E-state index contributed by atoms with van der Waals surface area (Å²) in [6.07, 6.45) is 1.10. The van der Waals surface area contributed by atoms with E-state index in [0.717, 1.165) is 0 Å². The van der Waals surface area contributed by atoms with Gasteiger partial charge in [-0.15, -0.1) is 0 Å². The zero-order chi connectivity index (χ0) is 10.6. The quantitative estimate of drug-likeness (QED) is 0.499. The van der Waals surface area contributed by atoms with Crippen molar-refractivity contribution in [2.24, 2.45) is 0 Å². The second kappa shape index (κ2) is 10.6. The van der Waals surface area contributed by atoms with Gasteiger partial charge in [0.2, 0.25) is 0 Å². The van der Waals surface area contributed by atoms with E-state index < -0.39 is 0 Å². The van der Waals surface area contributed by atoms with Gasteiger partial charge in [0.1, 0.15) is 5.78 Å². The van der Waals surface area contributed by atoms with Crippen molar-refractivity contribution < 1.29 is 19.0 Å². The second-order valence-electron chi connectivity index (χ2n) is 2.86. The number of ketones is 1. The SMILES string of the molecule is CCC(=O)CCOCCOCCOC. The Labute approximate surface area is 85.5 Å². The lowest BCUT2D eigenvalue weighted by Gasteiger charge is -2.04. The molecule has 0 saturated heterocycles. The van der Waals surface area contributed by atoms with E-state index in [4.69, 9.17) is 14.2 Å². The summed E-state index contributed by atoms with van der Waals surface area (Å²) >= 11 is 0. The lowest BCUT2D eigenvalue weighted by Crippen LogP contribution is -2.10. The number of carbonyl (C=O) groups excluding carboxylic acids is 1. The normalized spacial score (nSPS) is 10.4. The molecule has 0 aliphatic carbocycles. The molecule has 0 fully saturated rings. The molecule has 84 valence electrons. The molecule has 0 aliphatic heterocycles. The number of methoxy groups -OCH3 is 1. The van der Waals surface area contributed by atoms with Crippen molar-refractivity contribution in [3.8, 4) is 0 Å². The average molecular weight is 204 g/mol. The van der Waals surface area contributed by atoms with E-state index in [9.17, 15) is 4.79 Å². The fourth-order valence-electron chi connectivity index (χ4n) is 0.827. The van der Waals surface area contributed by atoms with E-state index in [0.29, 0.717) is 45.9 Å². The lowest BCUT2D eigenvalue weighted by molar-refractivity contribution is -0.119. The van der Waals surface area contributed by atoms with Crippen LogP contribution in [0.4, 0.5) is 0 Å². The number of rotatable bonds is 10. The van der Waals surface area contributed by atoms with E-state index in [1.807, 2.05) is 6.92 Å². The first kappa shape index (κ1) is 13.5. The molecule has 4 nitrogen and oxygen atoms in total. The Kier molecular flexibility index (Phi) is 10.3. The Morgan fingerprint density at radius 3 is 2.14 bits per heavy atom. The first-order chi connectivity index (χ1) is 6.81. The summed E-state index contributed by atoms with van der Waals surface area (Å²) in [6.45, 7) is 4.66. The molecule has 0 aromatic heterocycles. The number of carbonyl (C=O) groups is 1. The van der Waals surface area contributed by atoms with Crippen LogP contribution in [0.2, 0.25) is 0 Å². The van der Waals surface area contributed by atoms with E-state index in [1.54, 1.807) is 7.11 Å². The lowest BCUT2D eigenvalue weighted by atomic mass is 10.2. The number of Topliss-reactive ketones (excluding diaryl/α,β-unsaturated/α-hetero) is 1. The van der Waals surface area contributed by atoms with Crippen LogP contribution in [0.15, 0.2) is 0 Å². The van der Waals surface area contributed by atoms with Crippen LogP contribution >= 0.6 is 0 Å². The molecule has 0 N–H and O–H groups in total. The van der Waals surface area contributed by atoms with Crippen LogP contribution in [0, 0.1) is 0 Å². The maximum Gasteiger partial charge on any atom is 0.134 e. The van der Waals surface area contributed by atoms with E-state index in [2.05, 4.69) is 0 Å². The van der Waals surface area contributed by atoms with Crippen LogP contribution in [-0.4, -0.2) is 45.9 Å². The maximum atomic E-state index is 10.9. The van der Waals surface area contributed by atoms with Crippen molar-refractivity contribution >= 4 is 5.78 Å². The third kappa shape index (κ3) is 9.64. The highest BCUT2D eigenvalue weighted by Crippen LogP contribution is 1.89. The minimum Gasteiger partial charge on any atom is -0.382 e. The van der Waals surface area contributed by atoms with Gasteiger partial charge in [0.05, 0.1) is 33.0 Å². The molecule has 0 unspecified atom stereocenters. The van der Waals surface area contributed by atoms with Crippen LogP contribution < -0.4 is 0 Å². The number of hydrogen-bond acceptors (Lipinski definition) is 4. The number of hydrogen-bond donors (Lipinski definition) is 0. The van der Waals surface area contributed by atoms with Gasteiger partial charge in [0.25, 0.3) is 0 Å². The first-order valence-electron chi connectivity index (χ1n) is 4.97. The molecule has 0 aromatic carbocycles. The highest BCUT2D eigenvalue weighted by molar-refractivity contribution is 5.78. The summed E-state index contributed by atoms with van der Waals surface area (Å²) in [5.74, 6) is 0.241. The van der Waals surface area contributed by atoms with Gasteiger partial charge in [-0.2, -0.15) is 0 Å². The van der Waals surface area contributed by atoms with Gasteiger partial charge in [0, 0.05) is 20.0 Å². The average Bonchev–Trinajstić information content (AvgIpc) is 2.21. The Morgan fingerprint density at radius 1 is 1.00 bits per heavy atom. The molecule has 0 atom stereocenters. The fraction of sp³-hybridized carbons (Fsp3) is 0.900. The standard InChI is InChI=1S/C10H20O4/c1-3-10(11)4-5-13-8-9-14-7-6-12-2/h3-9H2,1-2H3. The molecule has 0 heterocycles. The molecule has 0 bridgehead atoms. The van der Waals surface area contributed by atoms with Crippen molar-refractivity contribution in [2.75, 3.05) is 40.1 Å². The van der Waals surface area contributed by atoms with Gasteiger partial charge in [0.15, 0.2) is 0 Å². The molecule has 0 amide bonds. The predicted molar refractivity (Wildman–Crippen MR) is 53.4 cm³/mol. The van der Waals surface area contributed by atoms with Crippen LogP contribution in [0.25, 0.3) is 0 Å². The summed E-state index contributed by atoms with van der Waals surface area (Å²) in [5, 5.41) is 0. The molecule has 0 spiro atoms. The van der Waals surface area contributed by atoms with Crippen LogP contribution in [-0.2, 0) is 19.0 Å². The van der Waals surface area contributed by atoms with Gasteiger partial charge in [-0.25, -0.2) is 0 Å². The molecule has 0 radical (unpaired) electrons. The molecule has 0 saturated carbocycles. The molecular weight excluding hydrogens is 184 g/mol. The van der Waals surface area contributed by atoms with Crippen LogP contribution in [0.3, 0.4) is 0 Å². The smallest absolute Gasteiger partial charge is 0.134 e. The molecule has 0 aromatic rings. The summed E-state index contributed by atoms with van der Waals surface area (Å²) in [6, 6.07) is 0. The third-order valence-electron chi connectivity index (χ3n) is 1.72. The molecule has 14 heavy (non-hydrogen) atoms. The topological polar surface area (TPSA) is 44.8 Å². The summed E-state index contributed by atoms with van der Waals surface area (Å²) in [4.78, 5) is 10.9. The fourth-order valence-corrected chi connectivity index (χ4v) is 0.827. The largest absolute Gasteiger partial charge is 0.382 e. The van der Waals surface area contributed by atoms with Crippen molar-refractivity contribution in [1.29, 1.82) is 0 Å². The zero-order valence-electron chi connectivity index (χ0n) is 9.08. The summed E-state index contributed by atoms with van der Waals surface area (Å²) < 4.78 is 15.2. The highest BCUT2D eigenvalue weighted by atomic mass is 16.5. The Balaban J connectivity index is 2.95. The Morgan fingerprint density at radius 2 is 1.57 bits per heavy atom. The molecular formula is C10H20O4. The minimum atomic E-state index is 0.241. The summed E-state index contributed by atoms with van der Waals surface area (Å²) in [5.41, 5.74) is 0. The monoisotopic (exact) mass is 204 g/mol. The van der Waals surface area contributed by atoms with Crippen molar-refractivity contribution in [3.05, 3.63) is 0 Å². The van der Waals surface area contributed by atoms with Gasteiger partial charge >= 0.3 is 0 Å². The third-order valence-corrected chi connectivity index (χ3v) is 1.72. The first-order valence-corrected chi connectivity index (χ1v) is 4.97. The second-order valence-corrected chi connectivity index (χ2v) is 2.86. The molecule has 4 heteroatoms. The van der Waals surface area contributed by atoms with Gasteiger partial charge < -0.3 is 14.2 Å². The molecule has 0 rings (SSSR count). The van der Waals surface area contributed by atoms with Gasteiger partial charge in [-0.3, -0.25) is 4.79 Å². The Hall–Kier alpha value is -0.450. The predicted octanol–water partition coefficient (Wildman–Crippen LogP) is 1.04. The maximum absolute atomic E-state index is 10.9. The highest BCUT2D eigenvalue weighted by Gasteiger charge is 1.97. The van der Waals surface area contributed by atoms with Crippen molar-refractivity contribution in [3.63, 3.8) is 0 Å². The van der Waals surface area contributed by atoms with E-state index in [1.165, 1.54) is 0 Å². The summed E-state index contributed by atoms with van der Waals surface area (Å²) in [7, 11) is 1.64. The van der Waals surface area contributed by atoms with Gasteiger partial charge in [-0.05, 0) is 0 Å². The van der Waals surface area contributed by atoms with Crippen LogP contribution in [0.5, 0.6) is 0 Å². The van der Waals surface area contributed by atoms with E-state index in [-0.39, 0.29) is 5.78 Å².